The summed E-state index contributed by atoms with van der Waals surface area (Å²) < 4.78 is 15.4. The first-order chi connectivity index (χ1) is 14.5. The van der Waals surface area contributed by atoms with Gasteiger partial charge < -0.3 is 10.6 Å². The van der Waals surface area contributed by atoms with Crippen LogP contribution in [0, 0.1) is 5.82 Å². The Kier molecular flexibility index (Phi) is 4.43. The molecule has 0 aliphatic carbocycles. The van der Waals surface area contributed by atoms with E-state index in [1.165, 1.54) is 11.3 Å². The molecule has 8 heteroatoms. The lowest BCUT2D eigenvalue weighted by molar-refractivity contribution is 0.0949. The second-order valence-electron chi connectivity index (χ2n) is 7.19. The van der Waals surface area contributed by atoms with Gasteiger partial charge in [-0.15, -0.1) is 11.3 Å². The van der Waals surface area contributed by atoms with Crippen molar-refractivity contribution in [1.82, 2.24) is 20.3 Å². The highest BCUT2D eigenvalue weighted by atomic mass is 32.1. The number of anilines is 1. The number of carbonyl (C=O) groups excluding carboxylic acids is 1. The Labute approximate surface area is 175 Å². The van der Waals surface area contributed by atoms with Gasteiger partial charge in [-0.1, -0.05) is 6.08 Å². The Balaban J connectivity index is 1.70. The number of thiophene rings is 1. The normalized spacial score (nSPS) is 16.5. The zero-order valence-electron chi connectivity index (χ0n) is 16.4. The van der Waals surface area contributed by atoms with Crippen molar-refractivity contribution in [3.63, 3.8) is 0 Å². The molecule has 6 nitrogen and oxygen atoms in total. The van der Waals surface area contributed by atoms with Crippen molar-refractivity contribution < 1.29 is 9.18 Å². The maximum Gasteiger partial charge on any atom is 0.263 e. The largest absolute Gasteiger partial charge is 0.381 e. The number of nitrogens with zero attached hydrogens (tertiary/aromatic N) is 3. The van der Waals surface area contributed by atoms with Gasteiger partial charge in [-0.05, 0) is 44.2 Å². The zero-order chi connectivity index (χ0) is 20.8. The van der Waals surface area contributed by atoms with Crippen molar-refractivity contribution in [3.8, 4) is 11.4 Å². The number of fused-ring (bicyclic) bond motifs is 5. The second-order valence-corrected chi connectivity index (χ2v) is 8.24. The van der Waals surface area contributed by atoms with Crippen molar-refractivity contribution in [3.05, 3.63) is 53.1 Å². The lowest BCUT2D eigenvalue weighted by Gasteiger charge is -2.10. The van der Waals surface area contributed by atoms with Crippen molar-refractivity contribution in [2.45, 2.75) is 19.9 Å². The fourth-order valence-electron chi connectivity index (χ4n) is 3.65. The molecule has 150 valence electrons. The van der Waals surface area contributed by atoms with Crippen LogP contribution in [0.3, 0.4) is 0 Å². The van der Waals surface area contributed by atoms with Gasteiger partial charge in [-0.2, -0.15) is 0 Å². The maximum absolute atomic E-state index is 14.4. The molecule has 0 fully saturated rings. The van der Waals surface area contributed by atoms with Crippen LogP contribution in [0.15, 0.2) is 36.5 Å². The summed E-state index contributed by atoms with van der Waals surface area (Å²) in [6, 6.07) is 7.56. The molecule has 0 radical (unpaired) electrons. The molecule has 1 amide bonds. The number of benzene rings is 1. The fraction of sp³-hybridized carbons (Fsp3) is 0.182. The zero-order valence-corrected chi connectivity index (χ0v) is 17.2. The third-order valence-corrected chi connectivity index (χ3v) is 6.17. The highest BCUT2D eigenvalue weighted by molar-refractivity contribution is 7.21. The van der Waals surface area contributed by atoms with E-state index in [0.717, 1.165) is 27.4 Å². The summed E-state index contributed by atoms with van der Waals surface area (Å²) in [7, 11) is 0. The van der Waals surface area contributed by atoms with Crippen LogP contribution in [0.25, 0.3) is 38.5 Å². The summed E-state index contributed by atoms with van der Waals surface area (Å²) in [6.45, 7) is 4.46. The van der Waals surface area contributed by atoms with Crippen LogP contribution in [0.5, 0.6) is 0 Å². The number of hydrogen-bond acceptors (Lipinski definition) is 6. The third-order valence-electron chi connectivity index (χ3n) is 5.01. The number of hydrogen-bond donors (Lipinski definition) is 2. The number of carbonyl (C=O) groups is 1. The number of amides is 1. The Morgan fingerprint density at radius 2 is 2.10 bits per heavy atom. The predicted molar refractivity (Wildman–Crippen MR) is 118 cm³/mol. The van der Waals surface area contributed by atoms with Crippen LogP contribution in [0.4, 0.5) is 10.1 Å². The fourth-order valence-corrected chi connectivity index (χ4v) is 4.75. The van der Waals surface area contributed by atoms with Crippen LogP contribution in [0.2, 0.25) is 0 Å². The van der Waals surface area contributed by atoms with Crippen molar-refractivity contribution >= 4 is 50.0 Å². The smallest absolute Gasteiger partial charge is 0.263 e. The second kappa shape index (κ2) is 7.14. The highest BCUT2D eigenvalue weighted by Gasteiger charge is 2.25. The first-order valence-electron chi connectivity index (χ1n) is 9.61. The summed E-state index contributed by atoms with van der Waals surface area (Å²) in [5.41, 5.74) is 2.15. The molecule has 3 aromatic heterocycles. The molecular weight excluding hydrogens is 401 g/mol. The van der Waals surface area contributed by atoms with E-state index >= 15 is 0 Å². The molecule has 0 unspecified atom stereocenters. The topological polar surface area (TPSA) is 79.8 Å². The minimum atomic E-state index is -0.520. The van der Waals surface area contributed by atoms with Gasteiger partial charge in [-0.3, -0.25) is 4.79 Å². The molecule has 1 aliphatic heterocycles. The average molecular weight is 419 g/mol. The van der Waals surface area contributed by atoms with E-state index in [1.54, 1.807) is 18.2 Å². The Morgan fingerprint density at radius 1 is 1.23 bits per heavy atom. The van der Waals surface area contributed by atoms with Crippen molar-refractivity contribution in [1.29, 1.82) is 0 Å². The number of pyridine rings is 1. The van der Waals surface area contributed by atoms with E-state index in [1.807, 2.05) is 32.0 Å². The molecule has 4 aromatic rings. The Hall–Kier alpha value is -3.39. The van der Waals surface area contributed by atoms with Crippen molar-refractivity contribution in [2.75, 3.05) is 11.9 Å². The van der Waals surface area contributed by atoms with Gasteiger partial charge in [0.25, 0.3) is 5.91 Å². The average Bonchev–Trinajstić information content (AvgIpc) is 3.06. The predicted octanol–water partition coefficient (Wildman–Crippen LogP) is 4.62. The molecule has 1 atom stereocenters. The lowest BCUT2D eigenvalue weighted by atomic mass is 10.1. The summed E-state index contributed by atoms with van der Waals surface area (Å²) in [5.74, 6) is -0.160. The van der Waals surface area contributed by atoms with Gasteiger partial charge >= 0.3 is 0 Å². The summed E-state index contributed by atoms with van der Waals surface area (Å²) in [5, 5.41) is 8.28. The van der Waals surface area contributed by atoms with E-state index in [9.17, 15) is 9.18 Å². The van der Waals surface area contributed by atoms with E-state index in [0.29, 0.717) is 28.5 Å². The summed E-state index contributed by atoms with van der Waals surface area (Å²) >= 11 is 1.46. The summed E-state index contributed by atoms with van der Waals surface area (Å²) in [4.78, 5) is 26.2. The number of allylic oxidation sites excluding steroid dienone is 1. The minimum Gasteiger partial charge on any atom is -0.381 e. The number of rotatable bonds is 2. The molecule has 30 heavy (non-hydrogen) atoms. The number of aromatic nitrogens is 3. The molecule has 1 aliphatic rings. The van der Waals surface area contributed by atoms with Crippen LogP contribution >= 0.6 is 11.3 Å². The van der Waals surface area contributed by atoms with Crippen LogP contribution < -0.4 is 10.6 Å². The molecule has 5 rings (SSSR count). The Morgan fingerprint density at radius 3 is 2.93 bits per heavy atom. The lowest BCUT2D eigenvalue weighted by Crippen LogP contribution is -2.34. The molecule has 1 aromatic carbocycles. The first-order valence-corrected chi connectivity index (χ1v) is 10.4. The maximum atomic E-state index is 14.4. The quantitative estimate of drug-likeness (QED) is 0.496. The van der Waals surface area contributed by atoms with E-state index < -0.39 is 5.82 Å². The molecule has 0 spiro atoms. The Bertz CT molecular complexity index is 1350. The van der Waals surface area contributed by atoms with Crippen LogP contribution in [-0.2, 0) is 0 Å². The monoisotopic (exact) mass is 419 g/mol. The molecular formula is C22H18FN5OS. The number of halogens is 1. The van der Waals surface area contributed by atoms with Crippen LogP contribution in [-0.4, -0.2) is 33.4 Å². The van der Waals surface area contributed by atoms with Gasteiger partial charge in [0.05, 0.1) is 23.1 Å². The van der Waals surface area contributed by atoms with E-state index in [4.69, 9.17) is 0 Å². The minimum absolute atomic E-state index is 0.0407. The van der Waals surface area contributed by atoms with E-state index in [2.05, 4.69) is 25.6 Å². The SMILES string of the molecule is C/C=C/c1ncc(F)c(-c2ccc3c(ccc4sc5c(c43)NC[C@@H](C)NC5=O)n2)n1. The standard InChI is InChI=1S/C22H18FN5OS/c1-3-4-17-24-10-13(23)19(28-17)15-6-5-12-14(27-15)7-8-16-18(12)20-21(30-16)22(29)26-11(2)9-25-20/h3-8,10-11,25H,9H2,1-2H3,(H,26,29)/b4-3+/t11-/m1/s1. The van der Waals surface area contributed by atoms with E-state index in [-0.39, 0.29) is 17.6 Å². The number of nitrogens with one attached hydrogen (secondary N) is 2. The van der Waals surface area contributed by atoms with Gasteiger partial charge in [0.1, 0.15) is 10.6 Å². The first kappa shape index (κ1) is 18.6. The molecule has 0 bridgehead atoms. The van der Waals surface area contributed by atoms with Gasteiger partial charge in [-0.25, -0.2) is 19.3 Å². The molecule has 0 saturated carbocycles. The molecule has 4 heterocycles. The van der Waals surface area contributed by atoms with Crippen molar-refractivity contribution in [2.24, 2.45) is 0 Å². The van der Waals surface area contributed by atoms with Gasteiger partial charge in [0, 0.05) is 28.1 Å². The van der Waals surface area contributed by atoms with Gasteiger partial charge in [0.15, 0.2) is 11.6 Å². The van der Waals surface area contributed by atoms with Gasteiger partial charge in [0.2, 0.25) is 0 Å². The third kappa shape index (κ3) is 3.00. The molecule has 2 N–H and O–H groups in total. The van der Waals surface area contributed by atoms with Crippen LogP contribution in [0.1, 0.15) is 29.3 Å². The molecule has 0 saturated heterocycles. The highest BCUT2D eigenvalue weighted by Crippen LogP contribution is 2.41. The summed E-state index contributed by atoms with van der Waals surface area (Å²) in [6.07, 6.45) is 4.68.